The van der Waals surface area contributed by atoms with Crippen LogP contribution in [0.5, 0.6) is 5.75 Å². The van der Waals surface area contributed by atoms with Crippen LogP contribution in [0.1, 0.15) is 397 Å². The quantitative estimate of drug-likeness (QED) is 0.151. The topological polar surface area (TPSA) is 9.23 Å². The van der Waals surface area contributed by atoms with Crippen LogP contribution in [0, 0.1) is 52.4 Å². The number of benzene rings is 12. The third-order valence-corrected chi connectivity index (χ3v) is 31.2. The van der Waals surface area contributed by atoms with Crippen molar-refractivity contribution in [2.75, 3.05) is 7.11 Å². The van der Waals surface area contributed by atoms with Gasteiger partial charge in [-0.05, 0) is 359 Å². The van der Waals surface area contributed by atoms with Crippen LogP contribution in [-0.4, -0.2) is 25.4 Å². The Morgan fingerprint density at radius 1 is 0.248 bits per heavy atom. The number of aryl methyl sites for hydroxylation is 6. The van der Waals surface area contributed by atoms with Crippen molar-refractivity contribution in [3.05, 3.63) is 277 Å². The van der Waals surface area contributed by atoms with Crippen molar-refractivity contribution >= 4 is 64.6 Å². The highest BCUT2D eigenvalue weighted by Crippen LogP contribution is 2.61. The van der Waals surface area contributed by atoms with Crippen molar-refractivity contribution < 1.29 is 39.9 Å². The third kappa shape index (κ3) is 23.1. The lowest BCUT2D eigenvalue weighted by molar-refractivity contribution is -0.350. The molecule has 0 saturated heterocycles. The SMILES string of the molecule is COc1cc(C(C)(C)C)c(C)c2ccccc12.Cc1c(C(C)(C)C)cc(C2CCC(C(F)(F)F)(C(F)(F)F)CC2)c2ccccc12.Cc1c(C(C)(C)C)cc(C2CCC(C)(C)CC2)c2ccccc12.Cc1c(C(C)(C)C)cc(C2CCC(F)(F)CC2)c2ccccc12.Cc1c(C(C)(C)C)cc(C2CCCC2)c2ccccc12.Cc1c(C(C)(C)C)cc(C2CCCCC2)c2ccccc12. The minimum absolute atomic E-state index is 0.0186. The van der Waals surface area contributed by atoms with Gasteiger partial charge >= 0.3 is 12.4 Å². The maximum atomic E-state index is 13.5. The summed E-state index contributed by atoms with van der Waals surface area (Å²) in [6, 6.07) is 65.7. The fourth-order valence-corrected chi connectivity index (χ4v) is 23.6. The molecule has 0 N–H and O–H groups in total. The van der Waals surface area contributed by atoms with E-state index in [4.69, 9.17) is 4.74 Å². The van der Waals surface area contributed by atoms with Crippen molar-refractivity contribution in [3.8, 4) is 5.75 Å². The molecule has 5 aliphatic rings. The van der Waals surface area contributed by atoms with Gasteiger partial charge in [0.25, 0.3) is 0 Å². The Morgan fingerprint density at radius 3 is 0.662 bits per heavy atom. The highest BCUT2D eigenvalue weighted by molar-refractivity contribution is 5.96. The normalized spacial score (nSPS) is 17.6. The van der Waals surface area contributed by atoms with Crippen molar-refractivity contribution in [3.63, 3.8) is 0 Å². The molecular weight excluding hydrogens is 1660 g/mol. The molecule has 17 rings (SSSR count). The molecule has 0 bridgehead atoms. The van der Waals surface area contributed by atoms with E-state index in [1.54, 1.807) is 23.8 Å². The first-order valence-electron chi connectivity index (χ1n) is 50.2. The van der Waals surface area contributed by atoms with E-state index in [9.17, 15) is 35.1 Å². The van der Waals surface area contributed by atoms with Crippen LogP contribution in [-0.2, 0) is 32.5 Å². The molecule has 5 fully saturated rings. The zero-order valence-corrected chi connectivity index (χ0v) is 86.0. The molecule has 5 aliphatic carbocycles. The van der Waals surface area contributed by atoms with E-state index in [2.05, 4.69) is 325 Å². The van der Waals surface area contributed by atoms with Gasteiger partial charge in [-0.25, -0.2) is 8.78 Å². The van der Waals surface area contributed by atoms with Crippen LogP contribution in [0.25, 0.3) is 64.6 Å². The molecule has 12 aromatic rings. The smallest absolute Gasteiger partial charge is 0.403 e. The molecule has 12 aromatic carbocycles. The maximum Gasteiger partial charge on any atom is 0.403 e. The first kappa shape index (κ1) is 103. The molecule has 0 atom stereocenters. The lowest BCUT2D eigenvalue weighted by Gasteiger charge is -2.42. The fraction of sp³-hybridized carbons (Fsp3) is 0.516. The van der Waals surface area contributed by atoms with Gasteiger partial charge < -0.3 is 4.74 Å². The molecule has 9 heteroatoms. The molecule has 0 heterocycles. The van der Waals surface area contributed by atoms with Gasteiger partial charge in [-0.1, -0.05) is 347 Å². The molecule has 133 heavy (non-hydrogen) atoms. The average molecular weight is 1820 g/mol. The minimum atomic E-state index is -5.29. The predicted molar refractivity (Wildman–Crippen MR) is 555 cm³/mol. The van der Waals surface area contributed by atoms with E-state index in [1.807, 2.05) is 37.3 Å². The molecule has 1 nitrogen and oxygen atoms in total. The van der Waals surface area contributed by atoms with E-state index in [1.165, 1.54) is 199 Å². The zero-order valence-electron chi connectivity index (χ0n) is 86.0. The number of methoxy groups -OCH3 is 1. The Bertz CT molecular complexity index is 5890. The van der Waals surface area contributed by atoms with Crippen LogP contribution in [0.4, 0.5) is 35.1 Å². The summed E-state index contributed by atoms with van der Waals surface area (Å²) < 4.78 is 113. The number of hydrogen-bond donors (Lipinski definition) is 0. The number of halogens is 8. The third-order valence-electron chi connectivity index (χ3n) is 31.2. The largest absolute Gasteiger partial charge is 0.496 e. The second-order valence-corrected chi connectivity index (χ2v) is 47.5. The lowest BCUT2D eigenvalue weighted by atomic mass is 9.66. The van der Waals surface area contributed by atoms with Crippen LogP contribution in [0.3, 0.4) is 0 Å². The van der Waals surface area contributed by atoms with Crippen molar-refractivity contribution in [1.82, 2.24) is 0 Å². The van der Waals surface area contributed by atoms with Crippen molar-refractivity contribution in [2.45, 2.75) is 395 Å². The predicted octanol–water partition coefficient (Wildman–Crippen LogP) is 39.1. The number of ether oxygens (including phenoxy) is 1. The molecule has 0 aromatic heterocycles. The highest BCUT2D eigenvalue weighted by atomic mass is 19.4. The Hall–Kier alpha value is -8.56. The maximum absolute atomic E-state index is 13.5. The average Bonchev–Trinajstić information content (AvgIpc) is 0.754. The van der Waals surface area contributed by atoms with Crippen LogP contribution < -0.4 is 4.74 Å². The standard InChI is InChI=1S/C23H26F6.C23H32.C21H26F2.C21H28.C20H26.C16H20O/c1-14-16-7-5-6-8-17(16)18(13-19(14)20(2,3)4)15-9-11-21(12-10-15,22(24,25)26)23(27,28)29;1-16-18-9-7-8-10-19(18)20(15-21(16)22(2,3)4)17-11-13-23(5,6)14-12-17;1-14-16-7-5-6-8-17(16)18(13-19(14)20(2,3)4)15-9-11-21(22,23)12-10-15;1-15-17-12-8-9-13-18(17)19(14-20(15)21(2,3)4)16-10-6-5-7-11-16;1-14-16-11-7-8-12-17(16)18(15-9-5-6-10-15)13-19(14)20(2,3)4;1-11-12-8-6-7-9-13(12)15(17-5)10-14(11)16(2,3)4/h5-8,13,15H,9-12H2,1-4H3;7-10,15,17H,11-14H2,1-6H3;5-8,13,15H,9-12H2,1-4H3;8-9,12-14,16H,5-7,10-11H2,1-4H3;7-8,11-13,15H,5-6,9-10H2,1-4H3;6-10H,1-5H3. The molecule has 0 unspecified atom stereocenters. The summed E-state index contributed by atoms with van der Waals surface area (Å²) in [6.07, 6.45) is 6.42. The summed E-state index contributed by atoms with van der Waals surface area (Å²) in [5.41, 5.74) is 21.1. The molecule has 0 amide bonds. The molecule has 0 spiro atoms. The fourth-order valence-electron chi connectivity index (χ4n) is 23.6. The van der Waals surface area contributed by atoms with Gasteiger partial charge in [-0.2, -0.15) is 26.3 Å². The Morgan fingerprint density at radius 2 is 0.436 bits per heavy atom. The number of rotatable bonds is 6. The first-order valence-corrected chi connectivity index (χ1v) is 50.2. The molecule has 5 saturated carbocycles. The summed E-state index contributed by atoms with van der Waals surface area (Å²) in [7, 11) is 1.74. The van der Waals surface area contributed by atoms with E-state index >= 15 is 0 Å². The Balaban J connectivity index is 0.000000145. The van der Waals surface area contributed by atoms with Gasteiger partial charge in [-0.3, -0.25) is 0 Å². The zero-order chi connectivity index (χ0) is 97.5. The number of alkyl halides is 8. The lowest BCUT2D eigenvalue weighted by Crippen LogP contribution is -2.51. The summed E-state index contributed by atoms with van der Waals surface area (Å²) in [5, 5.41) is 15.8. The number of fused-ring (bicyclic) bond motifs is 6. The minimum Gasteiger partial charge on any atom is -0.496 e. The molecule has 0 aliphatic heterocycles. The second-order valence-electron chi connectivity index (χ2n) is 47.5. The van der Waals surface area contributed by atoms with Crippen molar-refractivity contribution in [1.29, 1.82) is 0 Å². The summed E-state index contributed by atoms with van der Waals surface area (Å²) >= 11 is 0. The van der Waals surface area contributed by atoms with Gasteiger partial charge in [0.15, 0.2) is 5.41 Å². The molecule has 716 valence electrons. The highest BCUT2D eigenvalue weighted by Gasteiger charge is 2.70. The van der Waals surface area contributed by atoms with Gasteiger partial charge in [0.2, 0.25) is 5.92 Å². The van der Waals surface area contributed by atoms with Gasteiger partial charge in [0, 0.05) is 18.2 Å². The van der Waals surface area contributed by atoms with E-state index in [0.717, 1.165) is 51.0 Å². The Kier molecular flexibility index (Phi) is 31.3. The number of hydrogen-bond acceptors (Lipinski definition) is 1. The van der Waals surface area contributed by atoms with Gasteiger partial charge in [-0.15, -0.1) is 0 Å². The monoisotopic (exact) mass is 1820 g/mol. The van der Waals surface area contributed by atoms with Crippen molar-refractivity contribution in [2.24, 2.45) is 10.8 Å². The van der Waals surface area contributed by atoms with E-state index < -0.39 is 36.5 Å². The molecular formula is C124H158F8O. The summed E-state index contributed by atoms with van der Waals surface area (Å²) in [5.74, 6) is 0.711. The Labute approximate surface area is 795 Å². The summed E-state index contributed by atoms with van der Waals surface area (Å²) in [4.78, 5) is 0. The van der Waals surface area contributed by atoms with Crippen LogP contribution in [0.2, 0.25) is 0 Å². The van der Waals surface area contributed by atoms with E-state index in [0.29, 0.717) is 18.3 Å². The first-order chi connectivity index (χ1) is 62.0. The van der Waals surface area contributed by atoms with Crippen LogP contribution >= 0.6 is 0 Å². The van der Waals surface area contributed by atoms with E-state index in [-0.39, 0.29) is 70.0 Å². The second kappa shape index (κ2) is 40.2. The summed E-state index contributed by atoms with van der Waals surface area (Å²) in [6.45, 7) is 58.8. The molecule has 0 radical (unpaired) electrons. The van der Waals surface area contributed by atoms with Crippen LogP contribution in [0.15, 0.2) is 182 Å². The van der Waals surface area contributed by atoms with Gasteiger partial charge in [0.05, 0.1) is 7.11 Å². The van der Waals surface area contributed by atoms with Gasteiger partial charge in [0.1, 0.15) is 5.75 Å².